The highest BCUT2D eigenvalue weighted by Gasteiger charge is 2.08. The van der Waals surface area contributed by atoms with Crippen LogP contribution >= 0.6 is 0 Å². The Morgan fingerprint density at radius 1 is 1.43 bits per heavy atom. The average Bonchev–Trinajstić information content (AvgIpc) is 2.54. The zero-order valence-corrected chi connectivity index (χ0v) is 8.17. The monoisotopic (exact) mass is 190 g/mol. The van der Waals surface area contributed by atoms with Gasteiger partial charge in [-0.25, -0.2) is 0 Å². The van der Waals surface area contributed by atoms with Crippen LogP contribution in [0.1, 0.15) is 18.2 Å². The van der Waals surface area contributed by atoms with Gasteiger partial charge in [-0.3, -0.25) is 0 Å². The zero-order valence-electron chi connectivity index (χ0n) is 8.17. The molecule has 0 spiro atoms. The molecule has 0 unspecified atom stereocenters. The number of aromatic nitrogens is 1. The maximum Gasteiger partial charge on any atom is 0.116 e. The van der Waals surface area contributed by atoms with Crippen LogP contribution in [0.5, 0.6) is 5.75 Å². The number of aromatic hydroxyl groups is 1. The topological polar surface area (TPSA) is 62.0 Å². The molecule has 74 valence electrons. The van der Waals surface area contributed by atoms with Crippen LogP contribution < -0.4 is 5.73 Å². The Morgan fingerprint density at radius 3 is 2.86 bits per heavy atom. The summed E-state index contributed by atoms with van der Waals surface area (Å²) in [4.78, 5) is 3.26. The molecule has 3 heteroatoms. The first-order valence-corrected chi connectivity index (χ1v) is 4.78. The summed E-state index contributed by atoms with van der Waals surface area (Å²) in [5, 5.41) is 10.5. The lowest BCUT2D eigenvalue weighted by Crippen LogP contribution is -1.99. The summed E-state index contributed by atoms with van der Waals surface area (Å²) in [6.45, 7) is 2.60. The molecule has 4 N–H and O–H groups in total. The Kier molecular flexibility index (Phi) is 2.17. The molecule has 1 aromatic carbocycles. The number of phenols is 1. The van der Waals surface area contributed by atoms with Gasteiger partial charge in [-0.15, -0.1) is 0 Å². The van der Waals surface area contributed by atoms with Gasteiger partial charge >= 0.3 is 0 Å². The number of nitrogens with two attached hydrogens (primary N) is 1. The van der Waals surface area contributed by atoms with Crippen molar-refractivity contribution in [1.29, 1.82) is 0 Å². The minimum absolute atomic E-state index is 0.301. The third-order valence-electron chi connectivity index (χ3n) is 2.54. The fraction of sp³-hybridized carbons (Fsp3) is 0.273. The summed E-state index contributed by atoms with van der Waals surface area (Å²) in [6.07, 6.45) is 0.927. The lowest BCUT2D eigenvalue weighted by atomic mass is 10.1. The molecule has 0 radical (unpaired) electrons. The number of hydrogen-bond acceptors (Lipinski definition) is 2. The molecule has 0 fully saturated rings. The molecule has 0 atom stereocenters. The number of phenolic OH excluding ortho intramolecular Hbond substituents is 1. The maximum absolute atomic E-state index is 9.39. The molecule has 2 rings (SSSR count). The molecule has 1 aromatic heterocycles. The van der Waals surface area contributed by atoms with Gasteiger partial charge in [0.1, 0.15) is 5.75 Å². The van der Waals surface area contributed by atoms with Crippen molar-refractivity contribution in [3.05, 3.63) is 29.5 Å². The van der Waals surface area contributed by atoms with Crippen LogP contribution in [0.15, 0.2) is 18.2 Å². The molecular weight excluding hydrogens is 176 g/mol. The van der Waals surface area contributed by atoms with Crippen LogP contribution in [0.4, 0.5) is 0 Å². The van der Waals surface area contributed by atoms with Crippen molar-refractivity contribution >= 4 is 10.9 Å². The highest BCUT2D eigenvalue weighted by atomic mass is 16.3. The largest absolute Gasteiger partial charge is 0.508 e. The van der Waals surface area contributed by atoms with Gasteiger partial charge in [0, 0.05) is 23.1 Å². The lowest BCUT2D eigenvalue weighted by Gasteiger charge is -1.97. The van der Waals surface area contributed by atoms with Crippen molar-refractivity contribution < 1.29 is 5.11 Å². The molecule has 14 heavy (non-hydrogen) atoms. The second-order valence-electron chi connectivity index (χ2n) is 3.37. The molecule has 0 aliphatic rings. The summed E-state index contributed by atoms with van der Waals surface area (Å²) in [7, 11) is 0. The van der Waals surface area contributed by atoms with E-state index in [1.165, 1.54) is 5.56 Å². The van der Waals surface area contributed by atoms with Gasteiger partial charge < -0.3 is 15.8 Å². The minimum atomic E-state index is 0.301. The second kappa shape index (κ2) is 3.35. The quantitative estimate of drug-likeness (QED) is 0.677. The smallest absolute Gasteiger partial charge is 0.116 e. The molecule has 2 aromatic rings. The Labute approximate surface area is 82.6 Å². The van der Waals surface area contributed by atoms with E-state index in [-0.39, 0.29) is 0 Å². The van der Waals surface area contributed by atoms with Crippen LogP contribution in [0.25, 0.3) is 10.9 Å². The van der Waals surface area contributed by atoms with Crippen LogP contribution in [0.2, 0.25) is 0 Å². The third-order valence-corrected chi connectivity index (χ3v) is 2.54. The standard InChI is InChI=1S/C11H14N2O/c1-2-8-9-5-7(14)3-4-10(9)13-11(8)6-12/h3-5,13-14H,2,6,12H2,1H3. The number of benzene rings is 1. The van der Waals surface area contributed by atoms with Gasteiger partial charge in [0.25, 0.3) is 0 Å². The van der Waals surface area contributed by atoms with Crippen LogP contribution in [0, 0.1) is 0 Å². The van der Waals surface area contributed by atoms with Crippen LogP contribution in [-0.2, 0) is 13.0 Å². The third kappa shape index (κ3) is 1.26. The Balaban J connectivity index is 2.74. The van der Waals surface area contributed by atoms with Gasteiger partial charge in [0.15, 0.2) is 0 Å². The molecule has 3 nitrogen and oxygen atoms in total. The van der Waals surface area contributed by atoms with E-state index in [2.05, 4.69) is 11.9 Å². The molecule has 0 aliphatic heterocycles. The summed E-state index contributed by atoms with van der Waals surface area (Å²) in [6, 6.07) is 5.34. The second-order valence-corrected chi connectivity index (χ2v) is 3.37. The fourth-order valence-corrected chi connectivity index (χ4v) is 1.87. The van der Waals surface area contributed by atoms with E-state index in [4.69, 9.17) is 5.73 Å². The number of hydrogen-bond donors (Lipinski definition) is 3. The van der Waals surface area contributed by atoms with Gasteiger partial charge in [-0.05, 0) is 30.2 Å². The van der Waals surface area contributed by atoms with E-state index in [0.29, 0.717) is 12.3 Å². The van der Waals surface area contributed by atoms with Crippen molar-refractivity contribution in [2.75, 3.05) is 0 Å². The molecule has 0 saturated heterocycles. The predicted molar refractivity (Wildman–Crippen MR) is 57.2 cm³/mol. The summed E-state index contributed by atoms with van der Waals surface area (Å²) >= 11 is 0. The van der Waals surface area contributed by atoms with Crippen molar-refractivity contribution in [2.24, 2.45) is 5.73 Å². The van der Waals surface area contributed by atoms with E-state index in [9.17, 15) is 5.11 Å². The van der Waals surface area contributed by atoms with E-state index < -0.39 is 0 Å². The first-order chi connectivity index (χ1) is 6.76. The lowest BCUT2D eigenvalue weighted by molar-refractivity contribution is 0.476. The van der Waals surface area contributed by atoms with Gasteiger partial charge in [0.2, 0.25) is 0 Å². The van der Waals surface area contributed by atoms with Crippen molar-refractivity contribution in [3.8, 4) is 5.75 Å². The summed E-state index contributed by atoms with van der Waals surface area (Å²) < 4.78 is 0. The Morgan fingerprint density at radius 2 is 2.21 bits per heavy atom. The van der Waals surface area contributed by atoms with E-state index in [1.807, 2.05) is 6.07 Å². The highest BCUT2D eigenvalue weighted by Crippen LogP contribution is 2.26. The Bertz CT molecular complexity index is 460. The first kappa shape index (κ1) is 9.09. The highest BCUT2D eigenvalue weighted by molar-refractivity contribution is 5.86. The number of fused-ring (bicyclic) bond motifs is 1. The van der Waals surface area contributed by atoms with Crippen molar-refractivity contribution in [2.45, 2.75) is 19.9 Å². The van der Waals surface area contributed by atoms with Gasteiger partial charge in [0.05, 0.1) is 0 Å². The normalized spacial score (nSPS) is 11.0. The molecule has 0 amide bonds. The van der Waals surface area contributed by atoms with Crippen molar-refractivity contribution in [3.63, 3.8) is 0 Å². The van der Waals surface area contributed by atoms with E-state index in [0.717, 1.165) is 23.0 Å². The minimum Gasteiger partial charge on any atom is -0.508 e. The fourth-order valence-electron chi connectivity index (χ4n) is 1.87. The predicted octanol–water partition coefficient (Wildman–Crippen LogP) is 1.89. The SMILES string of the molecule is CCc1c(CN)[nH]c2ccc(O)cc12. The van der Waals surface area contributed by atoms with Crippen LogP contribution in [-0.4, -0.2) is 10.1 Å². The number of rotatable bonds is 2. The van der Waals surface area contributed by atoms with Gasteiger partial charge in [-0.2, -0.15) is 0 Å². The molecule has 0 aliphatic carbocycles. The molecular formula is C11H14N2O. The van der Waals surface area contributed by atoms with E-state index in [1.54, 1.807) is 12.1 Å². The van der Waals surface area contributed by atoms with E-state index >= 15 is 0 Å². The number of H-pyrrole nitrogens is 1. The summed E-state index contributed by atoms with van der Waals surface area (Å²) in [5.74, 6) is 0.301. The van der Waals surface area contributed by atoms with Crippen molar-refractivity contribution in [1.82, 2.24) is 4.98 Å². The van der Waals surface area contributed by atoms with Crippen LogP contribution in [0.3, 0.4) is 0 Å². The molecule has 0 saturated carbocycles. The van der Waals surface area contributed by atoms with Gasteiger partial charge in [-0.1, -0.05) is 6.92 Å². The number of aromatic amines is 1. The number of aryl methyl sites for hydroxylation is 1. The average molecular weight is 190 g/mol. The molecule has 0 bridgehead atoms. The molecule has 1 heterocycles. The summed E-state index contributed by atoms with van der Waals surface area (Å²) in [5.41, 5.74) is 8.95. The first-order valence-electron chi connectivity index (χ1n) is 4.78. The Hall–Kier alpha value is -1.48. The maximum atomic E-state index is 9.39. The zero-order chi connectivity index (χ0) is 10.1. The number of nitrogens with one attached hydrogen (secondary N) is 1.